The van der Waals surface area contributed by atoms with Crippen molar-refractivity contribution < 1.29 is 18.0 Å². The van der Waals surface area contributed by atoms with E-state index in [1.807, 2.05) is 38.1 Å². The van der Waals surface area contributed by atoms with Gasteiger partial charge < -0.3 is 5.32 Å². The third-order valence-corrected chi connectivity index (χ3v) is 4.16. The van der Waals surface area contributed by atoms with E-state index in [9.17, 15) is 18.0 Å². The molecule has 5 heteroatoms. The molecule has 0 aromatic heterocycles. The number of rotatable bonds is 2. The molecule has 0 fully saturated rings. The molecule has 0 atom stereocenters. The molecule has 0 spiro atoms. The average molecular weight is 345 g/mol. The Balaban J connectivity index is 1.99. The summed E-state index contributed by atoms with van der Waals surface area (Å²) in [5.74, 6) is -0.457. The van der Waals surface area contributed by atoms with E-state index in [0.29, 0.717) is 5.70 Å². The predicted molar refractivity (Wildman–Crippen MR) is 91.1 cm³/mol. The molecule has 0 bridgehead atoms. The quantitative estimate of drug-likeness (QED) is 0.622. The van der Waals surface area contributed by atoms with Crippen LogP contribution in [-0.4, -0.2) is 11.3 Å². The highest BCUT2D eigenvalue weighted by atomic mass is 19.4. The van der Waals surface area contributed by atoms with E-state index in [0.717, 1.165) is 29.7 Å². The highest BCUT2D eigenvalue weighted by Crippen LogP contribution is 2.31. The van der Waals surface area contributed by atoms with E-state index in [1.54, 1.807) is 0 Å². The Labute approximate surface area is 144 Å². The molecule has 130 valence electrons. The van der Waals surface area contributed by atoms with E-state index < -0.39 is 17.5 Å². The topological polar surface area (TPSA) is 29.1 Å². The molecule has 0 unspecified atom stereocenters. The van der Waals surface area contributed by atoms with Crippen LogP contribution in [0.15, 0.2) is 54.6 Å². The number of allylic oxidation sites excluding steroid dienone is 1. The Morgan fingerprint density at radius 1 is 1.12 bits per heavy atom. The van der Waals surface area contributed by atoms with Gasteiger partial charge >= 0.3 is 6.18 Å². The van der Waals surface area contributed by atoms with Gasteiger partial charge in [0.25, 0.3) is 0 Å². The zero-order chi connectivity index (χ0) is 18.2. The van der Waals surface area contributed by atoms with Gasteiger partial charge in [-0.1, -0.05) is 36.4 Å². The molecule has 2 aromatic rings. The van der Waals surface area contributed by atoms with Crippen LogP contribution in [-0.2, 0) is 12.6 Å². The molecule has 0 aliphatic carbocycles. The zero-order valence-electron chi connectivity index (χ0n) is 13.9. The van der Waals surface area contributed by atoms with E-state index in [-0.39, 0.29) is 11.1 Å². The summed E-state index contributed by atoms with van der Waals surface area (Å²) in [5.41, 5.74) is 1.60. The molecule has 1 N–H and O–H groups in total. The summed E-state index contributed by atoms with van der Waals surface area (Å²) in [5, 5.41) is 3.31. The first kappa shape index (κ1) is 17.3. The summed E-state index contributed by atoms with van der Waals surface area (Å²) in [6.45, 7) is 4.04. The Morgan fingerprint density at radius 2 is 1.84 bits per heavy atom. The van der Waals surface area contributed by atoms with Gasteiger partial charge in [0.1, 0.15) is 0 Å². The van der Waals surface area contributed by atoms with Crippen molar-refractivity contribution in [2.24, 2.45) is 0 Å². The van der Waals surface area contributed by atoms with Crippen molar-refractivity contribution >= 4 is 11.5 Å². The highest BCUT2D eigenvalue weighted by molar-refractivity contribution is 6.08. The summed E-state index contributed by atoms with van der Waals surface area (Å²) >= 11 is 0. The fourth-order valence-corrected chi connectivity index (χ4v) is 3.07. The second-order valence-corrected chi connectivity index (χ2v) is 6.84. The lowest BCUT2D eigenvalue weighted by Gasteiger charge is -2.35. The van der Waals surface area contributed by atoms with Crippen LogP contribution in [0.2, 0.25) is 0 Å². The molecular weight excluding hydrogens is 327 g/mol. The second-order valence-electron chi connectivity index (χ2n) is 6.84. The maximum absolute atomic E-state index is 12.8. The van der Waals surface area contributed by atoms with Gasteiger partial charge in [0, 0.05) is 28.4 Å². The van der Waals surface area contributed by atoms with E-state index >= 15 is 0 Å². The van der Waals surface area contributed by atoms with Crippen LogP contribution in [0.1, 0.15) is 40.9 Å². The molecule has 25 heavy (non-hydrogen) atoms. The number of alkyl halides is 3. The van der Waals surface area contributed by atoms with Crippen molar-refractivity contribution in [2.45, 2.75) is 32.0 Å². The smallest absolute Gasteiger partial charge is 0.379 e. The Bertz CT molecular complexity index is 850. The predicted octanol–water partition coefficient (Wildman–Crippen LogP) is 4.85. The van der Waals surface area contributed by atoms with Gasteiger partial charge in [-0.05, 0) is 38.0 Å². The monoisotopic (exact) mass is 345 g/mol. The van der Waals surface area contributed by atoms with Gasteiger partial charge in [-0.25, -0.2) is 0 Å². The van der Waals surface area contributed by atoms with Crippen molar-refractivity contribution in [3.63, 3.8) is 0 Å². The van der Waals surface area contributed by atoms with E-state index in [2.05, 4.69) is 5.32 Å². The number of hydrogen-bond donors (Lipinski definition) is 1. The summed E-state index contributed by atoms with van der Waals surface area (Å²) in [6, 6.07) is 12.2. The van der Waals surface area contributed by atoms with Gasteiger partial charge in [0.2, 0.25) is 0 Å². The van der Waals surface area contributed by atoms with Crippen LogP contribution in [0.25, 0.3) is 5.70 Å². The SMILES string of the molecule is CC1(C)Cc2ccccc2/C(=C\C(=O)c2cccc(C(F)(F)F)c2)N1. The number of carbonyl (C=O) groups excluding carboxylic acids is 1. The molecule has 3 rings (SSSR count). The maximum Gasteiger partial charge on any atom is 0.416 e. The normalized spacial score (nSPS) is 17.7. The molecule has 2 nitrogen and oxygen atoms in total. The van der Waals surface area contributed by atoms with Crippen LogP contribution < -0.4 is 5.32 Å². The number of carbonyl (C=O) groups is 1. The summed E-state index contributed by atoms with van der Waals surface area (Å²) in [7, 11) is 0. The summed E-state index contributed by atoms with van der Waals surface area (Å²) in [4.78, 5) is 12.5. The largest absolute Gasteiger partial charge is 0.416 e. The number of nitrogens with one attached hydrogen (secondary N) is 1. The van der Waals surface area contributed by atoms with Crippen LogP contribution in [0.4, 0.5) is 13.2 Å². The molecule has 1 aliphatic heterocycles. The van der Waals surface area contributed by atoms with Crippen LogP contribution in [0.5, 0.6) is 0 Å². The number of ketones is 1. The van der Waals surface area contributed by atoms with Crippen LogP contribution in [0, 0.1) is 0 Å². The van der Waals surface area contributed by atoms with Crippen LogP contribution >= 0.6 is 0 Å². The number of fused-ring (bicyclic) bond motifs is 1. The third kappa shape index (κ3) is 3.76. The lowest BCUT2D eigenvalue weighted by Crippen LogP contribution is -2.43. The van der Waals surface area contributed by atoms with Crippen molar-refractivity contribution in [3.8, 4) is 0 Å². The minimum atomic E-state index is -4.47. The highest BCUT2D eigenvalue weighted by Gasteiger charge is 2.31. The minimum absolute atomic E-state index is 0.0185. The Kier molecular flexibility index (Phi) is 4.19. The molecule has 0 saturated carbocycles. The number of hydrogen-bond acceptors (Lipinski definition) is 2. The lowest BCUT2D eigenvalue weighted by molar-refractivity contribution is -0.137. The Morgan fingerprint density at radius 3 is 2.56 bits per heavy atom. The summed E-state index contributed by atoms with van der Waals surface area (Å²) in [6.07, 6.45) is -2.28. The van der Waals surface area contributed by atoms with Crippen LogP contribution in [0.3, 0.4) is 0 Å². The molecule has 1 aliphatic rings. The van der Waals surface area contributed by atoms with Crippen molar-refractivity contribution in [1.29, 1.82) is 0 Å². The van der Waals surface area contributed by atoms with Crippen molar-refractivity contribution in [3.05, 3.63) is 76.9 Å². The van der Waals surface area contributed by atoms with Gasteiger partial charge in [-0.15, -0.1) is 0 Å². The van der Waals surface area contributed by atoms with Crippen molar-refractivity contribution in [1.82, 2.24) is 5.32 Å². The first-order valence-electron chi connectivity index (χ1n) is 7.95. The number of halogens is 3. The zero-order valence-corrected chi connectivity index (χ0v) is 13.9. The van der Waals surface area contributed by atoms with E-state index in [4.69, 9.17) is 0 Å². The van der Waals surface area contributed by atoms with Gasteiger partial charge in [0.05, 0.1) is 5.56 Å². The summed E-state index contributed by atoms with van der Waals surface area (Å²) < 4.78 is 38.5. The fourth-order valence-electron chi connectivity index (χ4n) is 3.07. The standard InChI is InChI=1S/C20H18F3NO/c1-19(2)12-14-6-3-4-9-16(14)17(24-19)11-18(25)13-7-5-8-15(10-13)20(21,22)23/h3-11,24H,12H2,1-2H3/b17-11+. The van der Waals surface area contributed by atoms with Crippen molar-refractivity contribution in [2.75, 3.05) is 0 Å². The van der Waals surface area contributed by atoms with Gasteiger partial charge in [-0.3, -0.25) is 4.79 Å². The molecule has 2 aromatic carbocycles. The lowest BCUT2D eigenvalue weighted by atomic mass is 9.85. The van der Waals surface area contributed by atoms with Gasteiger partial charge in [0.15, 0.2) is 5.78 Å². The average Bonchev–Trinajstić information content (AvgIpc) is 2.53. The van der Waals surface area contributed by atoms with Gasteiger partial charge in [-0.2, -0.15) is 13.2 Å². The molecule has 0 saturated heterocycles. The first-order chi connectivity index (χ1) is 11.7. The maximum atomic E-state index is 12.8. The first-order valence-corrected chi connectivity index (χ1v) is 7.95. The third-order valence-electron chi connectivity index (χ3n) is 4.16. The molecule has 0 radical (unpaired) electrons. The molecule has 1 heterocycles. The van der Waals surface area contributed by atoms with E-state index in [1.165, 1.54) is 18.2 Å². The fraction of sp³-hybridized carbons (Fsp3) is 0.250. The second kappa shape index (κ2) is 6.06. The Hall–Kier alpha value is -2.56. The molecular formula is C20H18F3NO. The number of benzene rings is 2. The molecule has 0 amide bonds. The minimum Gasteiger partial charge on any atom is -0.379 e.